The molecule has 2 aromatic carbocycles. The number of halogens is 2. The van der Waals surface area contributed by atoms with Gasteiger partial charge in [0.05, 0.1) is 0 Å². The highest BCUT2D eigenvalue weighted by Gasteiger charge is 2.49. The highest BCUT2D eigenvalue weighted by atomic mass is 19.1. The van der Waals surface area contributed by atoms with E-state index in [-0.39, 0.29) is 6.54 Å². The van der Waals surface area contributed by atoms with Crippen LogP contribution >= 0.6 is 0 Å². The number of likely N-dealkylation sites (N-methyl/N-ethyl adjacent to an activating group) is 1. The molecule has 0 spiro atoms. The number of carbonyl (C=O) groups excluding carboxylic acids is 3. The summed E-state index contributed by atoms with van der Waals surface area (Å²) in [5.41, 5.74) is -0.520. The Morgan fingerprint density at radius 2 is 1.57 bits per heavy atom. The van der Waals surface area contributed by atoms with Crippen LogP contribution in [0.25, 0.3) is 0 Å². The summed E-state index contributed by atoms with van der Waals surface area (Å²) in [6, 6.07) is 9.86. The van der Waals surface area contributed by atoms with Crippen molar-refractivity contribution in [2.24, 2.45) is 0 Å². The third kappa shape index (κ3) is 3.45. The van der Waals surface area contributed by atoms with E-state index >= 15 is 0 Å². The average molecular weight is 387 g/mol. The van der Waals surface area contributed by atoms with Crippen molar-refractivity contribution in [3.8, 4) is 0 Å². The predicted octanol–water partition coefficient (Wildman–Crippen LogP) is 2.78. The fourth-order valence-corrected chi connectivity index (χ4v) is 3.16. The van der Waals surface area contributed by atoms with Gasteiger partial charge in [0.1, 0.15) is 23.7 Å². The van der Waals surface area contributed by atoms with E-state index in [2.05, 4.69) is 5.32 Å². The number of amides is 4. The van der Waals surface area contributed by atoms with Crippen LogP contribution in [0.4, 0.5) is 19.3 Å². The van der Waals surface area contributed by atoms with E-state index in [9.17, 15) is 23.2 Å². The summed E-state index contributed by atoms with van der Waals surface area (Å²) in [7, 11) is 0. The van der Waals surface area contributed by atoms with Gasteiger partial charge in [-0.1, -0.05) is 12.1 Å². The summed E-state index contributed by atoms with van der Waals surface area (Å²) >= 11 is 0. The molecule has 1 heterocycles. The fourth-order valence-electron chi connectivity index (χ4n) is 3.16. The predicted molar refractivity (Wildman–Crippen MR) is 98.4 cm³/mol. The lowest BCUT2D eigenvalue weighted by atomic mass is 9.92. The Balaban J connectivity index is 1.80. The maximum absolute atomic E-state index is 13.2. The number of rotatable bonds is 5. The van der Waals surface area contributed by atoms with Crippen molar-refractivity contribution in [2.45, 2.75) is 19.4 Å². The van der Waals surface area contributed by atoms with Crippen molar-refractivity contribution in [2.75, 3.05) is 18.0 Å². The summed E-state index contributed by atoms with van der Waals surface area (Å²) in [6.45, 7) is 3.05. The van der Waals surface area contributed by atoms with Crippen LogP contribution in [0, 0.1) is 11.6 Å². The lowest BCUT2D eigenvalue weighted by Crippen LogP contribution is -2.44. The second-order valence-electron chi connectivity index (χ2n) is 6.57. The van der Waals surface area contributed by atoms with Crippen LogP contribution in [0.3, 0.4) is 0 Å². The Morgan fingerprint density at radius 3 is 2.11 bits per heavy atom. The number of hydrogen-bond donors (Lipinski definition) is 1. The topological polar surface area (TPSA) is 69.7 Å². The van der Waals surface area contributed by atoms with Crippen LogP contribution in [0.15, 0.2) is 48.5 Å². The fraction of sp³-hybridized carbons (Fsp3) is 0.250. The van der Waals surface area contributed by atoms with Crippen LogP contribution in [0.2, 0.25) is 0 Å². The summed E-state index contributed by atoms with van der Waals surface area (Å²) < 4.78 is 26.3. The molecule has 1 unspecified atom stereocenters. The van der Waals surface area contributed by atoms with Crippen molar-refractivity contribution >= 4 is 23.5 Å². The van der Waals surface area contributed by atoms with Crippen molar-refractivity contribution in [3.05, 3.63) is 65.7 Å². The van der Waals surface area contributed by atoms with Crippen LogP contribution in [0.1, 0.15) is 19.4 Å². The molecule has 0 radical (unpaired) electrons. The first kappa shape index (κ1) is 19.5. The van der Waals surface area contributed by atoms with Gasteiger partial charge in [0.25, 0.3) is 5.91 Å². The molecule has 0 aromatic heterocycles. The van der Waals surface area contributed by atoms with Gasteiger partial charge in [-0.05, 0) is 55.8 Å². The zero-order chi connectivity index (χ0) is 20.5. The molecule has 6 nitrogen and oxygen atoms in total. The Hall–Kier alpha value is -3.29. The minimum absolute atomic E-state index is 0.281. The molecule has 4 amide bonds. The zero-order valence-corrected chi connectivity index (χ0v) is 15.4. The van der Waals surface area contributed by atoms with Crippen molar-refractivity contribution in [1.82, 2.24) is 10.2 Å². The van der Waals surface area contributed by atoms with Crippen molar-refractivity contribution < 1.29 is 23.2 Å². The SMILES string of the molecule is CCN(C(=O)CN1C(=O)NC(C)(c2ccc(F)cc2)C1=O)c1ccc(F)cc1. The normalized spacial score (nSPS) is 18.9. The van der Waals surface area contributed by atoms with Gasteiger partial charge in [0.2, 0.25) is 5.91 Å². The van der Waals surface area contributed by atoms with Crippen LogP contribution in [0.5, 0.6) is 0 Å². The first-order valence-corrected chi connectivity index (χ1v) is 8.72. The third-order valence-corrected chi connectivity index (χ3v) is 4.75. The molecule has 0 aliphatic carbocycles. The molecule has 146 valence electrons. The molecular weight excluding hydrogens is 368 g/mol. The molecule has 0 bridgehead atoms. The zero-order valence-electron chi connectivity index (χ0n) is 15.4. The third-order valence-electron chi connectivity index (χ3n) is 4.75. The molecule has 8 heteroatoms. The van der Waals surface area contributed by atoms with Crippen LogP contribution in [-0.4, -0.2) is 35.8 Å². The van der Waals surface area contributed by atoms with Gasteiger partial charge in [-0.15, -0.1) is 0 Å². The number of carbonyl (C=O) groups is 3. The number of urea groups is 1. The van der Waals surface area contributed by atoms with Gasteiger partial charge in [-0.3, -0.25) is 14.5 Å². The molecule has 2 aromatic rings. The Kier molecular flexibility index (Phi) is 5.13. The standard InChI is InChI=1S/C20H19F2N3O3/c1-3-24(16-10-8-15(22)9-11-16)17(26)12-25-18(27)20(2,23-19(25)28)13-4-6-14(21)7-5-13/h4-11H,3,12H2,1-2H3,(H,23,28). The molecule has 1 aliphatic heterocycles. The minimum Gasteiger partial charge on any atom is -0.319 e. The lowest BCUT2D eigenvalue weighted by molar-refractivity contribution is -0.134. The quantitative estimate of drug-likeness (QED) is 0.802. The Bertz CT molecular complexity index is 915. The van der Waals surface area contributed by atoms with E-state index in [4.69, 9.17) is 0 Å². The van der Waals surface area contributed by atoms with Gasteiger partial charge < -0.3 is 10.2 Å². The number of nitrogens with zero attached hydrogens (tertiary/aromatic N) is 2. The smallest absolute Gasteiger partial charge is 0.319 e. The maximum Gasteiger partial charge on any atom is 0.325 e. The second kappa shape index (κ2) is 7.38. The number of benzene rings is 2. The van der Waals surface area contributed by atoms with Crippen molar-refractivity contribution in [1.29, 1.82) is 0 Å². The molecule has 1 N–H and O–H groups in total. The van der Waals surface area contributed by atoms with Gasteiger partial charge >= 0.3 is 6.03 Å². The highest BCUT2D eigenvalue weighted by molar-refractivity contribution is 6.10. The summed E-state index contributed by atoms with van der Waals surface area (Å²) in [6.07, 6.45) is 0. The molecule has 0 saturated carbocycles. The molecule has 1 atom stereocenters. The van der Waals surface area contributed by atoms with E-state index in [1.54, 1.807) is 6.92 Å². The van der Waals surface area contributed by atoms with E-state index in [0.29, 0.717) is 11.3 Å². The van der Waals surface area contributed by atoms with E-state index in [0.717, 1.165) is 4.90 Å². The molecule has 28 heavy (non-hydrogen) atoms. The van der Waals surface area contributed by atoms with Gasteiger partial charge in [-0.2, -0.15) is 0 Å². The molecule has 1 aliphatic rings. The number of nitrogens with one attached hydrogen (secondary N) is 1. The maximum atomic E-state index is 13.2. The Morgan fingerprint density at radius 1 is 1.04 bits per heavy atom. The molecular formula is C20H19F2N3O3. The number of hydrogen-bond acceptors (Lipinski definition) is 3. The summed E-state index contributed by atoms with van der Waals surface area (Å²) in [4.78, 5) is 40.1. The first-order valence-electron chi connectivity index (χ1n) is 8.72. The molecule has 3 rings (SSSR count). The lowest BCUT2D eigenvalue weighted by Gasteiger charge is -2.24. The Labute approximate surface area is 160 Å². The monoisotopic (exact) mass is 387 g/mol. The minimum atomic E-state index is -1.39. The van der Waals surface area contributed by atoms with Crippen molar-refractivity contribution in [3.63, 3.8) is 0 Å². The number of anilines is 1. The van der Waals surface area contributed by atoms with E-state index < -0.39 is 41.6 Å². The largest absolute Gasteiger partial charge is 0.325 e. The second-order valence-corrected chi connectivity index (χ2v) is 6.57. The van der Waals surface area contributed by atoms with Crippen LogP contribution < -0.4 is 10.2 Å². The van der Waals surface area contributed by atoms with Crippen LogP contribution in [-0.2, 0) is 15.1 Å². The van der Waals surface area contributed by atoms with Gasteiger partial charge in [-0.25, -0.2) is 13.6 Å². The van der Waals surface area contributed by atoms with Gasteiger partial charge in [0.15, 0.2) is 0 Å². The van der Waals surface area contributed by atoms with E-state index in [1.807, 2.05) is 0 Å². The highest BCUT2D eigenvalue weighted by Crippen LogP contribution is 2.29. The average Bonchev–Trinajstić information content (AvgIpc) is 2.88. The van der Waals surface area contributed by atoms with Gasteiger partial charge in [0, 0.05) is 12.2 Å². The summed E-state index contributed by atoms with van der Waals surface area (Å²) in [5.74, 6) is -1.99. The van der Waals surface area contributed by atoms with E-state index in [1.165, 1.54) is 60.4 Å². The number of imide groups is 1. The first-order chi connectivity index (χ1) is 13.3. The molecule has 1 fully saturated rings. The summed E-state index contributed by atoms with van der Waals surface area (Å²) in [5, 5.41) is 2.57. The molecule has 1 saturated heterocycles.